The lowest BCUT2D eigenvalue weighted by molar-refractivity contribution is 0.141. The van der Waals surface area contributed by atoms with Gasteiger partial charge >= 0.3 is 0 Å². The van der Waals surface area contributed by atoms with Crippen LogP contribution in [0.3, 0.4) is 0 Å². The lowest BCUT2D eigenvalue weighted by Gasteiger charge is -2.17. The maximum Gasteiger partial charge on any atom is 0.146 e. The number of halogens is 1. The van der Waals surface area contributed by atoms with E-state index in [1.165, 1.54) is 18.5 Å². The maximum absolute atomic E-state index is 13.9. The fourth-order valence-electron chi connectivity index (χ4n) is 4.19. The van der Waals surface area contributed by atoms with Crippen LogP contribution in [0.2, 0.25) is 0 Å². The molecule has 0 amide bonds. The van der Waals surface area contributed by atoms with Gasteiger partial charge in [0.05, 0.1) is 51.7 Å². The van der Waals surface area contributed by atoms with Crippen molar-refractivity contribution in [3.63, 3.8) is 0 Å². The molecule has 3 atom stereocenters. The summed E-state index contributed by atoms with van der Waals surface area (Å²) >= 11 is 0. The van der Waals surface area contributed by atoms with Crippen molar-refractivity contribution in [2.75, 3.05) is 30.0 Å². The molecule has 3 aromatic rings. The molecule has 0 radical (unpaired) electrons. The van der Waals surface area contributed by atoms with Crippen LogP contribution in [0.1, 0.15) is 18.4 Å². The van der Waals surface area contributed by atoms with Crippen LogP contribution in [-0.4, -0.2) is 56.2 Å². The number of aryl methyl sites for hydroxylation is 1. The molecule has 2 saturated heterocycles. The average Bonchev–Trinajstić information content (AvgIpc) is 3.39. The Labute approximate surface area is 191 Å². The molecule has 2 N–H and O–H groups in total. The van der Waals surface area contributed by atoms with E-state index in [9.17, 15) is 13.7 Å². The van der Waals surface area contributed by atoms with Crippen LogP contribution in [-0.2, 0) is 14.5 Å². The van der Waals surface area contributed by atoms with Crippen molar-refractivity contribution in [1.82, 2.24) is 9.97 Å². The van der Waals surface area contributed by atoms with Crippen LogP contribution in [0.5, 0.6) is 5.75 Å². The molecule has 2 aromatic carbocycles. The second-order valence-electron chi connectivity index (χ2n) is 8.43. The summed E-state index contributed by atoms with van der Waals surface area (Å²) in [7, 11) is -2.47. The highest BCUT2D eigenvalue weighted by Gasteiger charge is 2.25. The molecule has 3 heterocycles. The summed E-state index contributed by atoms with van der Waals surface area (Å²) in [5, 5.41) is 13.8. The molecule has 1 aromatic heterocycles. The van der Waals surface area contributed by atoms with Crippen LogP contribution in [0, 0.1) is 12.7 Å². The number of anilines is 2. The Bertz CT molecular complexity index is 1320. The molecule has 0 aliphatic carbocycles. The molecule has 5 rings (SSSR count). The molecule has 0 spiro atoms. The van der Waals surface area contributed by atoms with Gasteiger partial charge in [-0.3, -0.25) is 0 Å². The minimum atomic E-state index is -2.47. The molecular weight excluding hydrogens is 447 g/mol. The standard InChI is InChI=1S/C23H25FN4O4S/c1-14-8-16(28-33(30)7-5-17(29)12-33)10-20-22(14)23(26-13-25-20)27-19-3-2-15(24)9-21(19)32-18-4-6-31-11-18/h2-3,8-10,13,17-18,29H,4-7,11-12H2,1H3,(H,25,26,27)/t17?,18-,33?/m0/s1. The summed E-state index contributed by atoms with van der Waals surface area (Å²) in [5.74, 6) is 1.12. The van der Waals surface area contributed by atoms with E-state index in [2.05, 4.69) is 19.6 Å². The van der Waals surface area contributed by atoms with Crippen LogP contribution >= 0.6 is 0 Å². The molecule has 8 nitrogen and oxygen atoms in total. The van der Waals surface area contributed by atoms with Crippen molar-refractivity contribution in [3.8, 4) is 5.75 Å². The van der Waals surface area contributed by atoms with Crippen molar-refractivity contribution in [1.29, 1.82) is 0 Å². The zero-order valence-electron chi connectivity index (χ0n) is 18.2. The Morgan fingerprint density at radius 3 is 2.91 bits per heavy atom. The lowest BCUT2D eigenvalue weighted by Crippen LogP contribution is -2.16. The van der Waals surface area contributed by atoms with Gasteiger partial charge in [0, 0.05) is 23.6 Å². The summed E-state index contributed by atoms with van der Waals surface area (Å²) in [6.07, 6.45) is 1.99. The molecule has 174 valence electrons. The number of hydrogen-bond acceptors (Lipinski definition) is 8. The fraction of sp³-hybridized carbons (Fsp3) is 0.391. The van der Waals surface area contributed by atoms with Crippen molar-refractivity contribution in [2.45, 2.75) is 32.0 Å². The van der Waals surface area contributed by atoms with Gasteiger partial charge in [-0.15, -0.1) is 0 Å². The van der Waals surface area contributed by atoms with E-state index in [-0.39, 0.29) is 11.9 Å². The van der Waals surface area contributed by atoms with Gasteiger partial charge < -0.3 is 19.9 Å². The predicted molar refractivity (Wildman–Crippen MR) is 124 cm³/mol. The number of rotatable bonds is 5. The number of benzene rings is 2. The van der Waals surface area contributed by atoms with E-state index in [0.29, 0.717) is 53.8 Å². The van der Waals surface area contributed by atoms with Crippen LogP contribution in [0.15, 0.2) is 41.0 Å². The van der Waals surface area contributed by atoms with E-state index >= 15 is 0 Å². The van der Waals surface area contributed by atoms with Gasteiger partial charge in [-0.05, 0) is 43.2 Å². The van der Waals surface area contributed by atoms with Gasteiger partial charge in [0.2, 0.25) is 0 Å². The highest BCUT2D eigenvalue weighted by molar-refractivity contribution is 7.94. The third-order valence-electron chi connectivity index (χ3n) is 5.79. The molecule has 2 unspecified atom stereocenters. The molecule has 33 heavy (non-hydrogen) atoms. The number of nitrogens with zero attached hydrogens (tertiary/aromatic N) is 3. The molecule has 2 aliphatic heterocycles. The fourth-order valence-corrected chi connectivity index (χ4v) is 6.42. The monoisotopic (exact) mass is 472 g/mol. The average molecular weight is 473 g/mol. The number of fused-ring (bicyclic) bond motifs is 1. The van der Waals surface area contributed by atoms with Crippen molar-refractivity contribution < 1.29 is 23.2 Å². The second-order valence-corrected chi connectivity index (χ2v) is 10.9. The van der Waals surface area contributed by atoms with E-state index < -0.39 is 21.7 Å². The maximum atomic E-state index is 13.9. The normalized spacial score (nSPS) is 24.8. The zero-order valence-corrected chi connectivity index (χ0v) is 19.0. The highest BCUT2D eigenvalue weighted by atomic mass is 32.2. The first-order valence-electron chi connectivity index (χ1n) is 10.9. The summed E-state index contributed by atoms with van der Waals surface area (Å²) in [4.78, 5) is 8.77. The first kappa shape index (κ1) is 22.0. The van der Waals surface area contributed by atoms with Gasteiger partial charge in [0.1, 0.15) is 29.8 Å². The van der Waals surface area contributed by atoms with Crippen molar-refractivity contribution in [3.05, 3.63) is 48.0 Å². The first-order chi connectivity index (χ1) is 15.9. The quantitative estimate of drug-likeness (QED) is 0.581. The Kier molecular flexibility index (Phi) is 5.90. The molecular formula is C23H25FN4O4S. The third-order valence-corrected chi connectivity index (χ3v) is 8.12. The number of nitrogens with one attached hydrogen (secondary N) is 1. The Morgan fingerprint density at radius 1 is 1.27 bits per heavy atom. The SMILES string of the molecule is Cc1cc(N=S2(=O)CCC(O)C2)cc2ncnc(Nc3ccc(F)cc3O[C@H]3CCOC3)c12. The molecule has 0 bridgehead atoms. The topological polar surface area (TPSA) is 106 Å². The van der Waals surface area contributed by atoms with E-state index in [1.54, 1.807) is 12.1 Å². The van der Waals surface area contributed by atoms with Crippen LogP contribution < -0.4 is 10.1 Å². The van der Waals surface area contributed by atoms with Gasteiger partial charge in [0.15, 0.2) is 0 Å². The summed E-state index contributed by atoms with van der Waals surface area (Å²) in [6.45, 7) is 3.00. The Hall–Kier alpha value is -2.82. The molecule has 2 aliphatic rings. The van der Waals surface area contributed by atoms with E-state index in [4.69, 9.17) is 9.47 Å². The first-order valence-corrected chi connectivity index (χ1v) is 12.7. The summed E-state index contributed by atoms with van der Waals surface area (Å²) in [5.41, 5.74) is 2.64. The predicted octanol–water partition coefficient (Wildman–Crippen LogP) is 3.85. The van der Waals surface area contributed by atoms with Gasteiger partial charge in [-0.1, -0.05) is 0 Å². The second kappa shape index (κ2) is 8.85. The Balaban J connectivity index is 1.50. The number of hydrogen-bond donors (Lipinski definition) is 2. The van der Waals surface area contributed by atoms with Crippen LogP contribution in [0.25, 0.3) is 10.9 Å². The number of aromatic nitrogens is 2. The Morgan fingerprint density at radius 2 is 2.15 bits per heavy atom. The van der Waals surface area contributed by atoms with Gasteiger partial charge in [-0.25, -0.2) is 18.6 Å². The van der Waals surface area contributed by atoms with Crippen molar-refractivity contribution in [2.24, 2.45) is 4.36 Å². The largest absolute Gasteiger partial charge is 0.486 e. The third kappa shape index (κ3) is 4.78. The number of ether oxygens (including phenoxy) is 2. The summed E-state index contributed by atoms with van der Waals surface area (Å²) in [6, 6.07) is 7.93. The minimum Gasteiger partial charge on any atom is -0.486 e. The highest BCUT2D eigenvalue weighted by Crippen LogP contribution is 2.35. The van der Waals surface area contributed by atoms with Gasteiger partial charge in [0.25, 0.3) is 0 Å². The lowest BCUT2D eigenvalue weighted by atomic mass is 10.1. The number of aliphatic hydroxyl groups excluding tert-OH is 1. The smallest absolute Gasteiger partial charge is 0.146 e. The van der Waals surface area contributed by atoms with Crippen LogP contribution in [0.4, 0.5) is 21.6 Å². The van der Waals surface area contributed by atoms with E-state index in [0.717, 1.165) is 17.4 Å². The molecule has 10 heteroatoms. The zero-order chi connectivity index (χ0) is 23.0. The molecule has 2 fully saturated rings. The van der Waals surface area contributed by atoms with Gasteiger partial charge in [-0.2, -0.15) is 4.36 Å². The summed E-state index contributed by atoms with van der Waals surface area (Å²) < 4.78 is 42.6. The van der Waals surface area contributed by atoms with Crippen molar-refractivity contribution >= 4 is 37.8 Å². The number of aliphatic hydroxyl groups is 1. The minimum absolute atomic E-state index is 0.128. The molecule has 0 saturated carbocycles. The van der Waals surface area contributed by atoms with E-state index in [1.807, 2.05) is 13.0 Å².